The van der Waals surface area contributed by atoms with Crippen LogP contribution in [0.25, 0.3) is 0 Å². The van der Waals surface area contributed by atoms with E-state index in [9.17, 15) is 0 Å². The normalized spacial score (nSPS) is 25.5. The molecule has 16 heavy (non-hydrogen) atoms. The van der Waals surface area contributed by atoms with E-state index in [-0.39, 0.29) is 0 Å². The molecule has 0 aromatic rings. The zero-order valence-electron chi connectivity index (χ0n) is 10.3. The minimum atomic E-state index is 0.887. The predicted molar refractivity (Wildman–Crippen MR) is 70.6 cm³/mol. The highest BCUT2D eigenvalue weighted by Gasteiger charge is 2.03. The summed E-state index contributed by atoms with van der Waals surface area (Å²) in [7, 11) is 0. The molecule has 0 spiro atoms. The van der Waals surface area contributed by atoms with Crippen molar-refractivity contribution in [1.82, 2.24) is 0 Å². The van der Waals surface area contributed by atoms with Crippen LogP contribution >= 0.6 is 0 Å². The maximum atomic E-state index is 5.57. The lowest BCUT2D eigenvalue weighted by molar-refractivity contribution is 0.907. The lowest BCUT2D eigenvalue weighted by atomic mass is 9.95. The first kappa shape index (κ1) is 12.6. The molecular formula is C15H21N. The second kappa shape index (κ2) is 6.95. The molecule has 1 nitrogen and oxygen atoms in total. The first-order chi connectivity index (χ1) is 7.77. The number of allylic oxidation sites excluding steroid dienone is 5. The fourth-order valence-electron chi connectivity index (χ4n) is 1.76. The molecule has 0 amide bonds. The standard InChI is InChI=1S/C15H21N/c1-3-4-5-8-15-9-6-7-14(12-16)11-10-13(15)2/h9-10,12H,3,6-8,11,16H2,1-2H3/b13-10-,14-12+,15-9-. The lowest BCUT2D eigenvalue weighted by Gasteiger charge is -2.11. The molecule has 1 aliphatic rings. The minimum Gasteiger partial charge on any atom is -0.405 e. The van der Waals surface area contributed by atoms with Crippen LogP contribution in [0.2, 0.25) is 0 Å². The average molecular weight is 215 g/mol. The first-order valence-corrected chi connectivity index (χ1v) is 5.99. The van der Waals surface area contributed by atoms with E-state index in [0.29, 0.717) is 0 Å². The van der Waals surface area contributed by atoms with Crippen molar-refractivity contribution in [2.75, 3.05) is 0 Å². The van der Waals surface area contributed by atoms with Gasteiger partial charge in [0.05, 0.1) is 0 Å². The van der Waals surface area contributed by atoms with Gasteiger partial charge in [-0.15, -0.1) is 5.92 Å². The topological polar surface area (TPSA) is 26.0 Å². The highest BCUT2D eigenvalue weighted by molar-refractivity contribution is 5.35. The van der Waals surface area contributed by atoms with Crippen molar-refractivity contribution >= 4 is 0 Å². The van der Waals surface area contributed by atoms with Crippen molar-refractivity contribution in [2.45, 2.75) is 46.0 Å². The van der Waals surface area contributed by atoms with Crippen molar-refractivity contribution < 1.29 is 0 Å². The van der Waals surface area contributed by atoms with Gasteiger partial charge in [-0.3, -0.25) is 0 Å². The van der Waals surface area contributed by atoms with E-state index in [1.807, 2.05) is 0 Å². The Bertz CT molecular complexity index is 372. The Morgan fingerprint density at radius 3 is 2.88 bits per heavy atom. The third kappa shape index (κ3) is 3.98. The van der Waals surface area contributed by atoms with Gasteiger partial charge in [-0.25, -0.2) is 0 Å². The Hall–Kier alpha value is -1.42. The molecule has 1 rings (SSSR count). The molecule has 0 saturated carbocycles. The molecule has 0 aromatic carbocycles. The van der Waals surface area contributed by atoms with Crippen LogP contribution in [-0.4, -0.2) is 0 Å². The van der Waals surface area contributed by atoms with Crippen LogP contribution in [0.5, 0.6) is 0 Å². The molecule has 2 N–H and O–H groups in total. The summed E-state index contributed by atoms with van der Waals surface area (Å²) < 4.78 is 0. The highest BCUT2D eigenvalue weighted by Crippen LogP contribution is 2.22. The minimum absolute atomic E-state index is 0.887. The summed E-state index contributed by atoms with van der Waals surface area (Å²) in [5.41, 5.74) is 9.63. The summed E-state index contributed by atoms with van der Waals surface area (Å²) >= 11 is 0. The van der Waals surface area contributed by atoms with Gasteiger partial charge in [0, 0.05) is 12.8 Å². The summed E-state index contributed by atoms with van der Waals surface area (Å²) in [5.74, 6) is 6.33. The van der Waals surface area contributed by atoms with Gasteiger partial charge in [0.25, 0.3) is 0 Å². The number of hydrogen-bond acceptors (Lipinski definition) is 1. The summed E-state index contributed by atoms with van der Waals surface area (Å²) in [4.78, 5) is 0. The van der Waals surface area contributed by atoms with Crippen LogP contribution in [0.15, 0.2) is 35.1 Å². The molecule has 0 heterocycles. The Kier molecular flexibility index (Phi) is 5.50. The third-order valence-corrected chi connectivity index (χ3v) is 2.85. The fourth-order valence-corrected chi connectivity index (χ4v) is 1.76. The van der Waals surface area contributed by atoms with Gasteiger partial charge in [0.15, 0.2) is 0 Å². The molecule has 0 saturated heterocycles. The molecule has 1 heteroatoms. The molecule has 0 radical (unpaired) electrons. The molecule has 0 unspecified atom stereocenters. The molecule has 86 valence electrons. The van der Waals surface area contributed by atoms with Gasteiger partial charge in [-0.05, 0) is 38.0 Å². The van der Waals surface area contributed by atoms with Gasteiger partial charge in [-0.2, -0.15) is 0 Å². The van der Waals surface area contributed by atoms with E-state index < -0.39 is 0 Å². The molecule has 0 aromatic heterocycles. The van der Waals surface area contributed by atoms with E-state index in [4.69, 9.17) is 5.73 Å². The molecule has 0 bridgehead atoms. The molecule has 0 atom stereocenters. The van der Waals surface area contributed by atoms with Crippen LogP contribution in [0.4, 0.5) is 0 Å². The quantitative estimate of drug-likeness (QED) is 0.663. The van der Waals surface area contributed by atoms with E-state index in [1.54, 1.807) is 6.20 Å². The molecule has 0 aliphatic heterocycles. The van der Waals surface area contributed by atoms with Crippen molar-refractivity contribution in [2.24, 2.45) is 5.73 Å². The zero-order chi connectivity index (χ0) is 11.8. The fraction of sp³-hybridized carbons (Fsp3) is 0.467. The summed E-state index contributed by atoms with van der Waals surface area (Å²) in [6.07, 6.45) is 11.3. The van der Waals surface area contributed by atoms with Crippen LogP contribution in [-0.2, 0) is 0 Å². The summed E-state index contributed by atoms with van der Waals surface area (Å²) in [6.45, 7) is 4.25. The number of rotatable bonds is 1. The number of nitrogens with two attached hydrogens (primary N) is 1. The third-order valence-electron chi connectivity index (χ3n) is 2.85. The van der Waals surface area contributed by atoms with Crippen molar-refractivity contribution in [1.29, 1.82) is 0 Å². The largest absolute Gasteiger partial charge is 0.405 e. The van der Waals surface area contributed by atoms with Crippen molar-refractivity contribution in [3.63, 3.8) is 0 Å². The SMILES string of the molecule is CCC#CCC1=C/CC/C(=C\N)C/C=C\1C. The average Bonchev–Trinajstić information content (AvgIpc) is 2.28. The first-order valence-electron chi connectivity index (χ1n) is 5.99. The van der Waals surface area contributed by atoms with E-state index in [1.165, 1.54) is 16.7 Å². The van der Waals surface area contributed by atoms with Crippen LogP contribution < -0.4 is 5.73 Å². The summed E-state index contributed by atoms with van der Waals surface area (Å²) in [5, 5.41) is 0. The maximum Gasteiger partial charge on any atom is 0.0339 e. The predicted octanol–water partition coefficient (Wildman–Crippen LogP) is 3.69. The van der Waals surface area contributed by atoms with E-state index in [2.05, 4.69) is 37.8 Å². The van der Waals surface area contributed by atoms with Gasteiger partial charge in [0.1, 0.15) is 0 Å². The Morgan fingerprint density at radius 2 is 2.19 bits per heavy atom. The van der Waals surface area contributed by atoms with Crippen LogP contribution in [0.3, 0.4) is 0 Å². The number of hydrogen-bond donors (Lipinski definition) is 1. The van der Waals surface area contributed by atoms with Gasteiger partial charge in [0.2, 0.25) is 0 Å². The second-order valence-corrected chi connectivity index (χ2v) is 4.07. The molecular weight excluding hydrogens is 194 g/mol. The van der Waals surface area contributed by atoms with Gasteiger partial charge in [-0.1, -0.05) is 36.1 Å². The van der Waals surface area contributed by atoms with Crippen LogP contribution in [0.1, 0.15) is 46.0 Å². The monoisotopic (exact) mass is 215 g/mol. The Balaban J connectivity index is 2.71. The molecule has 0 fully saturated rings. The van der Waals surface area contributed by atoms with Crippen LogP contribution in [0, 0.1) is 11.8 Å². The Morgan fingerprint density at radius 1 is 1.38 bits per heavy atom. The molecule has 1 aliphatic carbocycles. The zero-order valence-corrected chi connectivity index (χ0v) is 10.3. The second-order valence-electron chi connectivity index (χ2n) is 4.07. The Labute approximate surface area is 99.1 Å². The maximum absolute atomic E-state index is 5.57. The lowest BCUT2D eigenvalue weighted by Crippen LogP contribution is -1.94. The van der Waals surface area contributed by atoms with Gasteiger partial charge < -0.3 is 5.73 Å². The van der Waals surface area contributed by atoms with Crippen molar-refractivity contribution in [3.05, 3.63) is 35.1 Å². The van der Waals surface area contributed by atoms with Gasteiger partial charge >= 0.3 is 0 Å². The smallest absolute Gasteiger partial charge is 0.0339 e. The highest BCUT2D eigenvalue weighted by atomic mass is 14.5. The van der Waals surface area contributed by atoms with Crippen molar-refractivity contribution in [3.8, 4) is 11.8 Å². The van der Waals surface area contributed by atoms with E-state index in [0.717, 1.165) is 32.1 Å². The van der Waals surface area contributed by atoms with E-state index >= 15 is 0 Å². The summed E-state index contributed by atoms with van der Waals surface area (Å²) in [6, 6.07) is 0.